The molecule has 0 radical (unpaired) electrons. The molecular formula is C11H16N4O4. The van der Waals surface area contributed by atoms with E-state index in [1.807, 2.05) is 0 Å². The summed E-state index contributed by atoms with van der Waals surface area (Å²) >= 11 is 0. The average Bonchev–Trinajstić information content (AvgIpc) is 2.81. The minimum Gasteiger partial charge on any atom is -0.481 e. The highest BCUT2D eigenvalue weighted by Crippen LogP contribution is 2.36. The lowest BCUT2D eigenvalue weighted by atomic mass is 10.1. The monoisotopic (exact) mass is 268 g/mol. The van der Waals surface area contributed by atoms with E-state index in [1.54, 1.807) is 18.9 Å². The van der Waals surface area contributed by atoms with Gasteiger partial charge in [0.1, 0.15) is 5.69 Å². The molecule has 1 atom stereocenters. The van der Waals surface area contributed by atoms with Crippen molar-refractivity contribution in [3.63, 3.8) is 0 Å². The fraction of sp³-hybridized carbons (Fsp3) is 0.636. The van der Waals surface area contributed by atoms with Gasteiger partial charge in [-0.15, -0.1) is 0 Å². The van der Waals surface area contributed by atoms with Crippen LogP contribution in [0.1, 0.15) is 25.0 Å². The van der Waals surface area contributed by atoms with E-state index in [0.29, 0.717) is 18.1 Å². The Hall–Kier alpha value is -2.12. The number of aromatic nitrogens is 2. The van der Waals surface area contributed by atoms with Crippen LogP contribution in [-0.2, 0) is 11.8 Å². The first kappa shape index (κ1) is 13.3. The first-order chi connectivity index (χ1) is 8.91. The molecule has 8 nitrogen and oxygen atoms in total. The zero-order chi connectivity index (χ0) is 14.2. The Morgan fingerprint density at radius 1 is 1.63 bits per heavy atom. The maximum absolute atomic E-state index is 11.2. The number of hydrogen-bond acceptors (Lipinski definition) is 5. The van der Waals surface area contributed by atoms with Gasteiger partial charge in [0.05, 0.1) is 11.3 Å². The molecular weight excluding hydrogens is 252 g/mol. The first-order valence-electron chi connectivity index (χ1n) is 6.08. The van der Waals surface area contributed by atoms with Gasteiger partial charge in [-0.1, -0.05) is 0 Å². The molecule has 1 aromatic rings. The molecule has 1 saturated heterocycles. The number of nitro groups is 1. The summed E-state index contributed by atoms with van der Waals surface area (Å²) in [5.41, 5.74) is 0.322. The molecule has 0 aromatic carbocycles. The Morgan fingerprint density at radius 2 is 2.32 bits per heavy atom. The van der Waals surface area contributed by atoms with Crippen molar-refractivity contribution >= 4 is 17.5 Å². The van der Waals surface area contributed by atoms with Gasteiger partial charge in [0.25, 0.3) is 0 Å². The number of anilines is 1. The van der Waals surface area contributed by atoms with Crippen molar-refractivity contribution in [3.8, 4) is 0 Å². The standard InChI is InChI=1S/C11H16N4O4/c1-7-10(15(18)19)11(13(2)12-7)14-5-3-4-8(14)6-9(16)17/h8H,3-6H2,1-2H3,(H,16,17). The molecule has 0 amide bonds. The van der Waals surface area contributed by atoms with Crippen LogP contribution in [0.4, 0.5) is 11.5 Å². The SMILES string of the molecule is Cc1nn(C)c(N2CCCC2CC(=O)O)c1[N+](=O)[O-]. The maximum Gasteiger partial charge on any atom is 0.333 e. The van der Waals surface area contributed by atoms with Crippen LogP contribution in [-0.4, -0.2) is 38.4 Å². The first-order valence-corrected chi connectivity index (χ1v) is 6.08. The van der Waals surface area contributed by atoms with Crippen molar-refractivity contribution in [1.29, 1.82) is 0 Å². The molecule has 1 N–H and O–H groups in total. The normalized spacial score (nSPS) is 18.8. The lowest BCUT2D eigenvalue weighted by Gasteiger charge is -2.24. The molecule has 1 unspecified atom stereocenters. The quantitative estimate of drug-likeness (QED) is 0.647. The van der Waals surface area contributed by atoms with Crippen molar-refractivity contribution in [2.75, 3.05) is 11.4 Å². The molecule has 1 fully saturated rings. The summed E-state index contributed by atoms with van der Waals surface area (Å²) in [5, 5.41) is 24.1. The molecule has 0 aliphatic carbocycles. The van der Waals surface area contributed by atoms with Gasteiger partial charge in [-0.25, -0.2) is 4.68 Å². The second kappa shape index (κ2) is 4.87. The summed E-state index contributed by atoms with van der Waals surface area (Å²) in [6, 6.07) is -0.203. The van der Waals surface area contributed by atoms with E-state index in [4.69, 9.17) is 5.11 Å². The fourth-order valence-corrected chi connectivity index (χ4v) is 2.70. The van der Waals surface area contributed by atoms with E-state index in [2.05, 4.69) is 5.10 Å². The molecule has 0 bridgehead atoms. The third-order valence-corrected chi connectivity index (χ3v) is 3.40. The molecule has 19 heavy (non-hydrogen) atoms. The van der Waals surface area contributed by atoms with Gasteiger partial charge >= 0.3 is 11.7 Å². The predicted octanol–water partition coefficient (Wildman–Crippen LogP) is 1.08. The van der Waals surface area contributed by atoms with Gasteiger partial charge in [-0.3, -0.25) is 14.9 Å². The number of hydrogen-bond donors (Lipinski definition) is 1. The van der Waals surface area contributed by atoms with Crippen LogP contribution in [0.3, 0.4) is 0 Å². The smallest absolute Gasteiger partial charge is 0.333 e. The summed E-state index contributed by atoms with van der Waals surface area (Å²) in [5.74, 6) is -0.482. The molecule has 104 valence electrons. The van der Waals surface area contributed by atoms with Gasteiger partial charge < -0.3 is 10.0 Å². The van der Waals surface area contributed by atoms with E-state index < -0.39 is 10.9 Å². The lowest BCUT2D eigenvalue weighted by Crippen LogP contribution is -2.33. The minimum atomic E-state index is -0.890. The van der Waals surface area contributed by atoms with E-state index in [9.17, 15) is 14.9 Å². The average molecular weight is 268 g/mol. The summed E-state index contributed by atoms with van der Waals surface area (Å²) in [6.45, 7) is 2.21. The van der Waals surface area contributed by atoms with Crippen LogP contribution < -0.4 is 4.90 Å². The number of carboxylic acids is 1. The number of carbonyl (C=O) groups is 1. The fourth-order valence-electron chi connectivity index (χ4n) is 2.70. The molecule has 0 spiro atoms. The maximum atomic E-state index is 11.2. The second-order valence-corrected chi connectivity index (χ2v) is 4.73. The third kappa shape index (κ3) is 2.38. The Balaban J connectivity index is 2.40. The zero-order valence-corrected chi connectivity index (χ0v) is 10.9. The molecule has 0 saturated carbocycles. The summed E-state index contributed by atoms with van der Waals surface area (Å²) in [4.78, 5) is 23.4. The van der Waals surface area contributed by atoms with Crippen molar-refractivity contribution in [3.05, 3.63) is 15.8 Å². The van der Waals surface area contributed by atoms with Crippen LogP contribution in [0.2, 0.25) is 0 Å². The van der Waals surface area contributed by atoms with E-state index >= 15 is 0 Å². The predicted molar refractivity (Wildman–Crippen MR) is 67.2 cm³/mol. The van der Waals surface area contributed by atoms with Crippen LogP contribution in [0.15, 0.2) is 0 Å². The van der Waals surface area contributed by atoms with Crippen molar-refractivity contribution in [2.45, 2.75) is 32.2 Å². The number of nitrogens with zero attached hydrogens (tertiary/aromatic N) is 4. The summed E-state index contributed by atoms with van der Waals surface area (Å²) < 4.78 is 1.47. The Kier molecular flexibility index (Phi) is 3.41. The van der Waals surface area contributed by atoms with Gasteiger partial charge in [-0.05, 0) is 19.8 Å². The van der Waals surface area contributed by atoms with Crippen molar-refractivity contribution < 1.29 is 14.8 Å². The number of carboxylic acid groups (broad SMARTS) is 1. The molecule has 2 heterocycles. The minimum absolute atomic E-state index is 0.0125. The topological polar surface area (TPSA) is 102 Å². The lowest BCUT2D eigenvalue weighted by molar-refractivity contribution is -0.384. The Morgan fingerprint density at radius 3 is 2.89 bits per heavy atom. The largest absolute Gasteiger partial charge is 0.481 e. The highest BCUT2D eigenvalue weighted by Gasteiger charge is 2.35. The van der Waals surface area contributed by atoms with Crippen molar-refractivity contribution in [1.82, 2.24) is 9.78 Å². The number of aliphatic carboxylic acids is 1. The van der Waals surface area contributed by atoms with Gasteiger partial charge in [0.2, 0.25) is 5.82 Å². The Labute approximate surface area is 109 Å². The molecule has 1 aliphatic rings. The summed E-state index contributed by atoms with van der Waals surface area (Å²) in [6.07, 6.45) is 1.55. The molecule has 2 rings (SSSR count). The van der Waals surface area contributed by atoms with E-state index in [-0.39, 0.29) is 18.2 Å². The van der Waals surface area contributed by atoms with Crippen molar-refractivity contribution in [2.24, 2.45) is 7.05 Å². The second-order valence-electron chi connectivity index (χ2n) is 4.73. The van der Waals surface area contributed by atoms with Crippen LogP contribution in [0, 0.1) is 17.0 Å². The zero-order valence-electron chi connectivity index (χ0n) is 10.9. The van der Waals surface area contributed by atoms with Crippen LogP contribution >= 0.6 is 0 Å². The van der Waals surface area contributed by atoms with Gasteiger partial charge in [0.15, 0.2) is 0 Å². The Bertz CT molecular complexity index is 525. The van der Waals surface area contributed by atoms with E-state index in [0.717, 1.165) is 12.8 Å². The van der Waals surface area contributed by atoms with Crippen LogP contribution in [0.5, 0.6) is 0 Å². The molecule has 8 heteroatoms. The third-order valence-electron chi connectivity index (χ3n) is 3.40. The summed E-state index contributed by atoms with van der Waals surface area (Å²) in [7, 11) is 1.64. The van der Waals surface area contributed by atoms with Gasteiger partial charge in [-0.2, -0.15) is 5.10 Å². The van der Waals surface area contributed by atoms with Crippen LogP contribution in [0.25, 0.3) is 0 Å². The molecule has 1 aliphatic heterocycles. The highest BCUT2D eigenvalue weighted by molar-refractivity contribution is 5.70. The number of aryl methyl sites for hydroxylation is 2. The number of rotatable bonds is 4. The highest BCUT2D eigenvalue weighted by atomic mass is 16.6. The van der Waals surface area contributed by atoms with Gasteiger partial charge in [0, 0.05) is 19.6 Å². The van der Waals surface area contributed by atoms with E-state index in [1.165, 1.54) is 4.68 Å². The molecule has 1 aromatic heterocycles.